The number of nitrogens with two attached hydrogens (primary N) is 1. The molecule has 0 aliphatic heterocycles. The van der Waals surface area contributed by atoms with Gasteiger partial charge in [-0.3, -0.25) is 4.98 Å². The predicted molar refractivity (Wildman–Crippen MR) is 63.8 cm³/mol. The SMILES string of the molecule is Nc1cncc(Nc2ccc(F)c(Br)c2)n1. The van der Waals surface area contributed by atoms with E-state index >= 15 is 0 Å². The Hall–Kier alpha value is -1.69. The molecule has 2 aromatic rings. The summed E-state index contributed by atoms with van der Waals surface area (Å²) in [5.41, 5.74) is 6.19. The number of nitrogen functional groups attached to an aromatic ring is 1. The summed E-state index contributed by atoms with van der Waals surface area (Å²) in [6.07, 6.45) is 2.99. The van der Waals surface area contributed by atoms with E-state index in [1.807, 2.05) is 0 Å². The van der Waals surface area contributed by atoms with Gasteiger partial charge in [0.1, 0.15) is 11.6 Å². The molecule has 2 rings (SSSR count). The third-order valence-electron chi connectivity index (χ3n) is 1.85. The summed E-state index contributed by atoms with van der Waals surface area (Å²) in [5, 5.41) is 2.96. The highest BCUT2D eigenvalue weighted by Gasteiger charge is 2.01. The van der Waals surface area contributed by atoms with E-state index in [1.165, 1.54) is 18.5 Å². The molecule has 0 fully saturated rings. The van der Waals surface area contributed by atoms with Crippen molar-refractivity contribution < 1.29 is 4.39 Å². The van der Waals surface area contributed by atoms with Crippen LogP contribution < -0.4 is 11.1 Å². The maximum atomic E-state index is 13.0. The molecule has 16 heavy (non-hydrogen) atoms. The Bertz CT molecular complexity index is 518. The normalized spacial score (nSPS) is 10.1. The molecule has 3 N–H and O–H groups in total. The summed E-state index contributed by atoms with van der Waals surface area (Å²) in [5.74, 6) is 0.522. The van der Waals surface area contributed by atoms with Gasteiger partial charge in [0.25, 0.3) is 0 Å². The van der Waals surface area contributed by atoms with Crippen LogP contribution in [0, 0.1) is 5.82 Å². The molecular formula is C10H8BrFN4. The number of halogens is 2. The summed E-state index contributed by atoms with van der Waals surface area (Å²) in [6, 6.07) is 4.57. The molecule has 1 aromatic carbocycles. The number of aromatic nitrogens is 2. The van der Waals surface area contributed by atoms with Gasteiger partial charge in [0.05, 0.1) is 16.9 Å². The molecule has 0 bridgehead atoms. The number of hydrogen-bond acceptors (Lipinski definition) is 4. The molecule has 1 heterocycles. The van der Waals surface area contributed by atoms with Crippen LogP contribution in [0.5, 0.6) is 0 Å². The molecule has 0 amide bonds. The van der Waals surface area contributed by atoms with Crippen molar-refractivity contribution in [1.82, 2.24) is 9.97 Å². The highest BCUT2D eigenvalue weighted by molar-refractivity contribution is 9.10. The van der Waals surface area contributed by atoms with E-state index in [2.05, 4.69) is 31.2 Å². The lowest BCUT2D eigenvalue weighted by molar-refractivity contribution is 0.621. The predicted octanol–water partition coefficient (Wildman–Crippen LogP) is 2.70. The zero-order chi connectivity index (χ0) is 11.5. The Kier molecular flexibility index (Phi) is 3.00. The molecule has 0 saturated carbocycles. The Morgan fingerprint density at radius 1 is 1.31 bits per heavy atom. The van der Waals surface area contributed by atoms with Crippen LogP contribution in [0.2, 0.25) is 0 Å². The molecular weight excluding hydrogens is 275 g/mol. The van der Waals surface area contributed by atoms with Gasteiger partial charge in [0.2, 0.25) is 0 Å². The summed E-state index contributed by atoms with van der Waals surface area (Å²) >= 11 is 3.10. The molecule has 0 aliphatic rings. The van der Waals surface area contributed by atoms with Crippen LogP contribution in [0.3, 0.4) is 0 Å². The quantitative estimate of drug-likeness (QED) is 0.889. The van der Waals surface area contributed by atoms with Crippen molar-refractivity contribution in [3.05, 3.63) is 40.9 Å². The van der Waals surface area contributed by atoms with Gasteiger partial charge in [0, 0.05) is 5.69 Å². The van der Waals surface area contributed by atoms with Crippen molar-refractivity contribution >= 4 is 33.3 Å². The Morgan fingerprint density at radius 3 is 2.81 bits per heavy atom. The van der Waals surface area contributed by atoms with Crippen LogP contribution in [0.25, 0.3) is 0 Å². The zero-order valence-corrected chi connectivity index (χ0v) is 9.70. The Balaban J connectivity index is 2.24. The molecule has 0 saturated heterocycles. The zero-order valence-electron chi connectivity index (χ0n) is 8.11. The molecule has 4 nitrogen and oxygen atoms in total. The topological polar surface area (TPSA) is 63.8 Å². The number of nitrogens with one attached hydrogen (secondary N) is 1. The fourth-order valence-electron chi connectivity index (χ4n) is 1.16. The van der Waals surface area contributed by atoms with E-state index in [9.17, 15) is 4.39 Å². The summed E-state index contributed by atoms with van der Waals surface area (Å²) in [6.45, 7) is 0. The third kappa shape index (κ3) is 2.46. The van der Waals surface area contributed by atoms with Crippen molar-refractivity contribution in [2.24, 2.45) is 0 Å². The van der Waals surface area contributed by atoms with Gasteiger partial charge in [-0.15, -0.1) is 0 Å². The summed E-state index contributed by atoms with van der Waals surface area (Å²) in [7, 11) is 0. The highest BCUT2D eigenvalue weighted by Crippen LogP contribution is 2.22. The lowest BCUT2D eigenvalue weighted by Gasteiger charge is -2.06. The third-order valence-corrected chi connectivity index (χ3v) is 2.45. The molecule has 82 valence electrons. The van der Waals surface area contributed by atoms with Gasteiger partial charge in [-0.2, -0.15) is 0 Å². The van der Waals surface area contributed by atoms with Gasteiger partial charge in [-0.1, -0.05) is 0 Å². The minimum absolute atomic E-state index is 0.316. The average molecular weight is 283 g/mol. The van der Waals surface area contributed by atoms with E-state index in [0.717, 1.165) is 0 Å². The number of hydrogen-bond donors (Lipinski definition) is 2. The van der Waals surface area contributed by atoms with Crippen molar-refractivity contribution in [3.8, 4) is 0 Å². The fraction of sp³-hybridized carbons (Fsp3) is 0. The van der Waals surface area contributed by atoms with Crippen LogP contribution in [0.1, 0.15) is 0 Å². The first kappa shape index (κ1) is 10.8. The van der Waals surface area contributed by atoms with E-state index in [-0.39, 0.29) is 5.82 Å². The minimum atomic E-state index is -0.316. The van der Waals surface area contributed by atoms with Gasteiger partial charge in [-0.25, -0.2) is 9.37 Å². The first-order valence-corrected chi connectivity index (χ1v) is 5.24. The van der Waals surface area contributed by atoms with Crippen LogP contribution >= 0.6 is 15.9 Å². The Labute approximate surface area is 99.9 Å². The maximum absolute atomic E-state index is 13.0. The molecule has 0 spiro atoms. The molecule has 0 unspecified atom stereocenters. The first-order chi connectivity index (χ1) is 7.65. The van der Waals surface area contributed by atoms with Crippen molar-refractivity contribution in [3.63, 3.8) is 0 Å². The monoisotopic (exact) mass is 282 g/mol. The van der Waals surface area contributed by atoms with Gasteiger partial charge < -0.3 is 11.1 Å². The number of nitrogens with zero attached hydrogens (tertiary/aromatic N) is 2. The highest BCUT2D eigenvalue weighted by atomic mass is 79.9. The summed E-state index contributed by atoms with van der Waals surface area (Å²) in [4.78, 5) is 7.90. The average Bonchev–Trinajstić information content (AvgIpc) is 2.24. The second kappa shape index (κ2) is 4.44. The lowest BCUT2D eigenvalue weighted by Crippen LogP contribution is -1.98. The van der Waals surface area contributed by atoms with E-state index in [4.69, 9.17) is 5.73 Å². The number of anilines is 3. The van der Waals surface area contributed by atoms with Crippen LogP contribution in [0.15, 0.2) is 35.1 Å². The second-order valence-electron chi connectivity index (χ2n) is 3.08. The fourth-order valence-corrected chi connectivity index (χ4v) is 1.54. The molecule has 1 aromatic heterocycles. The second-order valence-corrected chi connectivity index (χ2v) is 3.94. The van der Waals surface area contributed by atoms with Crippen molar-refractivity contribution in [2.75, 3.05) is 11.1 Å². The van der Waals surface area contributed by atoms with Crippen molar-refractivity contribution in [1.29, 1.82) is 0 Å². The lowest BCUT2D eigenvalue weighted by atomic mass is 10.3. The summed E-state index contributed by atoms with van der Waals surface area (Å²) < 4.78 is 13.4. The van der Waals surface area contributed by atoms with Crippen LogP contribution in [0.4, 0.5) is 21.7 Å². The standard InChI is InChI=1S/C10H8BrFN4/c11-7-3-6(1-2-8(7)12)15-10-5-14-4-9(13)16-10/h1-5H,(H3,13,15,16). The van der Waals surface area contributed by atoms with E-state index < -0.39 is 0 Å². The van der Waals surface area contributed by atoms with Crippen LogP contribution in [-0.2, 0) is 0 Å². The van der Waals surface area contributed by atoms with Gasteiger partial charge in [-0.05, 0) is 34.1 Å². The van der Waals surface area contributed by atoms with E-state index in [0.29, 0.717) is 21.8 Å². The number of rotatable bonds is 2. The van der Waals surface area contributed by atoms with Gasteiger partial charge in [0.15, 0.2) is 5.82 Å². The maximum Gasteiger partial charge on any atom is 0.151 e. The largest absolute Gasteiger partial charge is 0.382 e. The molecule has 6 heteroatoms. The first-order valence-electron chi connectivity index (χ1n) is 4.45. The van der Waals surface area contributed by atoms with Crippen molar-refractivity contribution in [2.45, 2.75) is 0 Å². The Morgan fingerprint density at radius 2 is 2.12 bits per heavy atom. The smallest absolute Gasteiger partial charge is 0.151 e. The molecule has 0 aliphatic carbocycles. The molecule has 0 radical (unpaired) electrons. The van der Waals surface area contributed by atoms with E-state index in [1.54, 1.807) is 12.1 Å². The van der Waals surface area contributed by atoms with Crippen LogP contribution in [-0.4, -0.2) is 9.97 Å². The minimum Gasteiger partial charge on any atom is -0.382 e. The molecule has 0 atom stereocenters. The number of benzene rings is 1. The van der Waals surface area contributed by atoms with Gasteiger partial charge >= 0.3 is 0 Å².